The standard InChI is InChI=1S/C95H162O16P2/c1-4-7-10-13-16-19-22-25-28-30-32-34-36-38-40-42-43-44-45-47-49-50-52-54-56-58-61-63-66-69-72-75-78-81-93(98)105-84-90(96)85-107-112(101,102)108-86-91(97)87-109-113(103,104)110-89-92(111-95(100)83-80-77-74-71-68-65-60-27-24-21-18-15-12-9-6-3)88-106-94(99)82-79-76-73-70-67-64-62-59-57-55-53-51-48-46-41-39-37-35-33-31-29-26-23-20-17-14-11-8-5-2/h7-8,10-11,16-21,25-29,32-35,38-41,43-44,60,90-92,96-97H,4-6,9,12-15,22-24,30-31,36-37,42,45-59,61-89H2,1-3H3,(H,101,102)(H,103,104)/b10-7-,11-8-,19-16-,20-17-,21-18-,28-25-,29-26-,34-32-,35-33-,40-38-,41-39-,44-43-,60-27-. The van der Waals surface area contributed by atoms with E-state index in [4.69, 9.17) is 32.3 Å². The second kappa shape index (κ2) is 86.5. The lowest BCUT2D eigenvalue weighted by atomic mass is 10.0. The molecule has 0 aliphatic rings. The number of ether oxygens (including phenoxy) is 3. The molecule has 0 spiro atoms. The molecule has 0 heterocycles. The number of rotatable bonds is 84. The van der Waals surface area contributed by atoms with Crippen LogP contribution in [-0.2, 0) is 55.8 Å². The highest BCUT2D eigenvalue weighted by atomic mass is 31.2. The molecule has 0 amide bonds. The molecule has 648 valence electrons. The van der Waals surface area contributed by atoms with E-state index in [0.29, 0.717) is 19.3 Å². The molecule has 0 aliphatic carbocycles. The second-order valence-corrected chi connectivity index (χ2v) is 32.5. The molecule has 4 N–H and O–H groups in total. The number of hydrogen-bond acceptors (Lipinski definition) is 14. The van der Waals surface area contributed by atoms with Gasteiger partial charge in [0.15, 0.2) is 6.10 Å². The van der Waals surface area contributed by atoms with Gasteiger partial charge in [0, 0.05) is 19.3 Å². The summed E-state index contributed by atoms with van der Waals surface area (Å²) in [5, 5.41) is 20.7. The summed E-state index contributed by atoms with van der Waals surface area (Å²) < 4.78 is 61.4. The number of carbonyl (C=O) groups is 3. The summed E-state index contributed by atoms with van der Waals surface area (Å²) in [6.07, 6.45) is 110. The molecule has 0 aromatic carbocycles. The summed E-state index contributed by atoms with van der Waals surface area (Å²) in [6.45, 7) is 2.45. The van der Waals surface area contributed by atoms with Gasteiger partial charge in [0.2, 0.25) is 0 Å². The van der Waals surface area contributed by atoms with Gasteiger partial charge < -0.3 is 34.2 Å². The van der Waals surface area contributed by atoms with E-state index in [1.54, 1.807) is 0 Å². The Morgan fingerprint density at radius 2 is 0.469 bits per heavy atom. The Morgan fingerprint density at radius 3 is 0.743 bits per heavy atom. The maximum Gasteiger partial charge on any atom is 0.472 e. The first-order valence-electron chi connectivity index (χ1n) is 44.8. The van der Waals surface area contributed by atoms with E-state index in [2.05, 4.69) is 179 Å². The van der Waals surface area contributed by atoms with E-state index in [9.17, 15) is 43.5 Å². The molecule has 0 aromatic rings. The number of phosphoric acid groups is 2. The summed E-state index contributed by atoms with van der Waals surface area (Å²) in [6, 6.07) is 0. The Bertz CT molecular complexity index is 2680. The van der Waals surface area contributed by atoms with Crippen LogP contribution in [0.15, 0.2) is 158 Å². The first-order valence-corrected chi connectivity index (χ1v) is 47.8. The maximum absolute atomic E-state index is 13.0. The summed E-state index contributed by atoms with van der Waals surface area (Å²) in [5.74, 6) is -1.58. The molecule has 18 heteroatoms. The van der Waals surface area contributed by atoms with Crippen LogP contribution in [-0.4, -0.2) is 95.9 Å². The van der Waals surface area contributed by atoms with Crippen molar-refractivity contribution in [1.29, 1.82) is 0 Å². The van der Waals surface area contributed by atoms with Crippen LogP contribution in [0, 0.1) is 0 Å². The van der Waals surface area contributed by atoms with Gasteiger partial charge in [-0.15, -0.1) is 0 Å². The molecular formula is C95H162O16P2. The quantitative estimate of drug-likeness (QED) is 0.0146. The molecule has 113 heavy (non-hydrogen) atoms. The van der Waals surface area contributed by atoms with E-state index < -0.39 is 91.5 Å². The van der Waals surface area contributed by atoms with Crippen LogP contribution in [0.4, 0.5) is 0 Å². The van der Waals surface area contributed by atoms with Crippen molar-refractivity contribution in [3.05, 3.63) is 158 Å². The molecule has 5 unspecified atom stereocenters. The van der Waals surface area contributed by atoms with E-state index in [1.807, 2.05) is 0 Å². The molecule has 5 atom stereocenters. The van der Waals surface area contributed by atoms with Crippen LogP contribution < -0.4 is 0 Å². The fourth-order valence-corrected chi connectivity index (χ4v) is 13.6. The fourth-order valence-electron chi connectivity index (χ4n) is 12.0. The van der Waals surface area contributed by atoms with Crippen LogP contribution in [0.5, 0.6) is 0 Å². The third-order valence-electron chi connectivity index (χ3n) is 18.7. The second-order valence-electron chi connectivity index (χ2n) is 29.6. The SMILES string of the molecule is CC/C=C\C/C=C\C/C=C\C/C=C\C/C=C\C/C=C\CCCCCCCCCCCCCCCCC(=O)OCC(O)COP(=O)(O)OCC(O)COP(=O)(O)OCC(COC(=O)CCCCCCCCCCCCCCC/C=C\C/C=C\C/C=C\C/C=C\C/C=C\CC)OC(=O)CCCCCCC/C=C\C/C=C\CCCCC. The summed E-state index contributed by atoms with van der Waals surface area (Å²) >= 11 is 0. The number of hydrogen-bond donors (Lipinski definition) is 4. The maximum atomic E-state index is 13.0. The average Bonchev–Trinajstić information content (AvgIpc) is 0.903. The van der Waals surface area contributed by atoms with Crippen molar-refractivity contribution in [2.45, 2.75) is 386 Å². The van der Waals surface area contributed by atoms with Gasteiger partial charge >= 0.3 is 33.6 Å². The number of unbranched alkanes of at least 4 members (excludes halogenated alkanes) is 35. The summed E-state index contributed by atoms with van der Waals surface area (Å²) in [7, 11) is -9.81. The minimum Gasteiger partial charge on any atom is -0.463 e. The molecule has 0 saturated heterocycles. The summed E-state index contributed by atoms with van der Waals surface area (Å²) in [4.78, 5) is 58.9. The normalized spacial score (nSPS) is 14.6. The Balaban J connectivity index is 4.47. The van der Waals surface area contributed by atoms with Crippen LogP contribution in [0.25, 0.3) is 0 Å². The van der Waals surface area contributed by atoms with E-state index in [0.717, 1.165) is 173 Å². The lowest BCUT2D eigenvalue weighted by Gasteiger charge is -2.21. The third kappa shape index (κ3) is 87.8. The van der Waals surface area contributed by atoms with Crippen LogP contribution in [0.1, 0.15) is 367 Å². The lowest BCUT2D eigenvalue weighted by molar-refractivity contribution is -0.161. The number of aliphatic hydroxyl groups is 2. The third-order valence-corrected chi connectivity index (χ3v) is 20.6. The van der Waals surface area contributed by atoms with Crippen molar-refractivity contribution >= 4 is 33.6 Å². The molecule has 16 nitrogen and oxygen atoms in total. The topological polar surface area (TPSA) is 231 Å². The van der Waals surface area contributed by atoms with E-state index >= 15 is 0 Å². The summed E-state index contributed by atoms with van der Waals surface area (Å²) in [5.41, 5.74) is 0. The molecule has 0 bridgehead atoms. The van der Waals surface area contributed by atoms with Gasteiger partial charge in [-0.3, -0.25) is 32.5 Å². The van der Waals surface area contributed by atoms with Crippen LogP contribution >= 0.6 is 15.6 Å². The van der Waals surface area contributed by atoms with Crippen LogP contribution in [0.3, 0.4) is 0 Å². The first-order chi connectivity index (χ1) is 55.2. The van der Waals surface area contributed by atoms with Crippen molar-refractivity contribution in [2.75, 3.05) is 39.6 Å². The van der Waals surface area contributed by atoms with Gasteiger partial charge in [0.25, 0.3) is 0 Å². The van der Waals surface area contributed by atoms with Gasteiger partial charge in [-0.1, -0.05) is 359 Å². The zero-order valence-electron chi connectivity index (χ0n) is 71.3. The van der Waals surface area contributed by atoms with Crippen molar-refractivity contribution in [3.8, 4) is 0 Å². The van der Waals surface area contributed by atoms with Crippen molar-refractivity contribution < 1.29 is 75.8 Å². The molecule has 0 radical (unpaired) electrons. The molecule has 0 fully saturated rings. The number of esters is 3. The van der Waals surface area contributed by atoms with Crippen molar-refractivity contribution in [2.24, 2.45) is 0 Å². The van der Waals surface area contributed by atoms with Gasteiger partial charge in [0.05, 0.1) is 26.4 Å². The van der Waals surface area contributed by atoms with Gasteiger partial charge in [-0.2, -0.15) is 0 Å². The molecular weight excluding hydrogens is 1460 g/mol. The minimum atomic E-state index is -4.94. The van der Waals surface area contributed by atoms with E-state index in [-0.39, 0.29) is 19.3 Å². The van der Waals surface area contributed by atoms with Gasteiger partial charge in [-0.25, -0.2) is 9.13 Å². The lowest BCUT2D eigenvalue weighted by Crippen LogP contribution is -2.30. The molecule has 0 rings (SSSR count). The van der Waals surface area contributed by atoms with E-state index in [1.165, 1.54) is 135 Å². The molecule has 0 aliphatic heterocycles. The smallest absolute Gasteiger partial charge is 0.463 e. The molecule has 0 saturated carbocycles. The highest BCUT2D eigenvalue weighted by Crippen LogP contribution is 2.45. The Labute approximate surface area is 689 Å². The average molecular weight is 1620 g/mol. The highest BCUT2D eigenvalue weighted by molar-refractivity contribution is 7.47. The number of phosphoric ester groups is 2. The predicted molar refractivity (Wildman–Crippen MR) is 472 cm³/mol. The largest absolute Gasteiger partial charge is 0.472 e. The fraction of sp³-hybridized carbons (Fsp3) is 0.695. The number of allylic oxidation sites excluding steroid dienone is 26. The molecule has 0 aromatic heterocycles. The van der Waals surface area contributed by atoms with Gasteiger partial charge in [0.1, 0.15) is 25.4 Å². The van der Waals surface area contributed by atoms with Crippen LogP contribution in [0.2, 0.25) is 0 Å². The number of aliphatic hydroxyl groups excluding tert-OH is 2. The zero-order chi connectivity index (χ0) is 82.2. The van der Waals surface area contributed by atoms with Gasteiger partial charge in [-0.05, 0) is 148 Å². The predicted octanol–water partition coefficient (Wildman–Crippen LogP) is 27.3. The minimum absolute atomic E-state index is 0.0866. The van der Waals surface area contributed by atoms with Crippen molar-refractivity contribution in [3.63, 3.8) is 0 Å². The monoisotopic (exact) mass is 1620 g/mol. The Kier molecular flexibility index (Phi) is 82.8. The number of carbonyl (C=O) groups excluding carboxylic acids is 3. The Hall–Kier alpha value is -4.83. The van der Waals surface area contributed by atoms with Crippen molar-refractivity contribution in [1.82, 2.24) is 0 Å². The highest BCUT2D eigenvalue weighted by Gasteiger charge is 2.29. The first kappa shape index (κ1) is 108. The Morgan fingerprint density at radius 1 is 0.257 bits per heavy atom. The zero-order valence-corrected chi connectivity index (χ0v) is 73.0.